The van der Waals surface area contributed by atoms with E-state index in [0.29, 0.717) is 12.6 Å². The number of aliphatic imine (C=N–C) groups is 1. The molecule has 5 nitrogen and oxygen atoms in total. The zero-order valence-electron chi connectivity index (χ0n) is 16.5. The first-order valence-corrected chi connectivity index (χ1v) is 10.3. The minimum atomic E-state index is 0.342. The third-order valence-corrected chi connectivity index (χ3v) is 5.81. The summed E-state index contributed by atoms with van der Waals surface area (Å²) in [7, 11) is 4.08. The predicted molar refractivity (Wildman–Crippen MR) is 113 cm³/mol. The number of nitrogens with zero attached hydrogens (tertiary/aromatic N) is 3. The monoisotopic (exact) mass is 386 g/mol. The smallest absolute Gasteiger partial charge is 0.193 e. The Balaban J connectivity index is 1.69. The second-order valence-corrected chi connectivity index (χ2v) is 8.33. The van der Waals surface area contributed by atoms with Crippen LogP contribution < -0.4 is 5.32 Å². The molecule has 1 saturated heterocycles. The van der Waals surface area contributed by atoms with E-state index in [4.69, 9.17) is 9.73 Å². The fourth-order valence-corrected chi connectivity index (χ4v) is 4.24. The molecule has 0 radical (unpaired) electrons. The molecule has 1 aromatic carbocycles. The van der Waals surface area contributed by atoms with Gasteiger partial charge in [-0.25, -0.2) is 4.99 Å². The number of nitrogens with one attached hydrogen (secondary N) is 1. The molecule has 0 spiro atoms. The molecular formula is C21H30N4OS. The lowest BCUT2D eigenvalue weighted by Gasteiger charge is -2.34. The number of hydrogen-bond donors (Lipinski definition) is 1. The SMILES string of the molecule is Cc1ccc(C(CNC(=NCc2ccccc2)N(C)C)N2CCOCC2)s1. The van der Waals surface area contributed by atoms with Crippen LogP contribution in [0.2, 0.25) is 0 Å². The Morgan fingerprint density at radius 3 is 2.56 bits per heavy atom. The van der Waals surface area contributed by atoms with Crippen LogP contribution in [0.25, 0.3) is 0 Å². The Morgan fingerprint density at radius 2 is 1.93 bits per heavy atom. The number of benzene rings is 1. The van der Waals surface area contributed by atoms with Gasteiger partial charge < -0.3 is 15.0 Å². The second kappa shape index (κ2) is 9.88. The van der Waals surface area contributed by atoms with Crippen molar-refractivity contribution in [3.05, 3.63) is 57.8 Å². The maximum atomic E-state index is 5.55. The summed E-state index contributed by atoms with van der Waals surface area (Å²) in [4.78, 5) is 12.1. The summed E-state index contributed by atoms with van der Waals surface area (Å²) < 4.78 is 5.55. The van der Waals surface area contributed by atoms with Crippen LogP contribution in [0.5, 0.6) is 0 Å². The zero-order valence-corrected chi connectivity index (χ0v) is 17.3. The van der Waals surface area contributed by atoms with Gasteiger partial charge in [0.15, 0.2) is 5.96 Å². The Morgan fingerprint density at radius 1 is 1.19 bits per heavy atom. The van der Waals surface area contributed by atoms with E-state index in [1.165, 1.54) is 15.3 Å². The van der Waals surface area contributed by atoms with E-state index in [2.05, 4.69) is 58.4 Å². The van der Waals surface area contributed by atoms with Crippen molar-refractivity contribution in [2.24, 2.45) is 4.99 Å². The van der Waals surface area contributed by atoms with Gasteiger partial charge in [-0.1, -0.05) is 30.3 Å². The lowest BCUT2D eigenvalue weighted by Crippen LogP contribution is -2.45. The van der Waals surface area contributed by atoms with Crippen LogP contribution >= 0.6 is 11.3 Å². The van der Waals surface area contributed by atoms with Crippen molar-refractivity contribution in [3.8, 4) is 0 Å². The number of ether oxygens (including phenoxy) is 1. The molecule has 0 saturated carbocycles. The maximum Gasteiger partial charge on any atom is 0.193 e. The molecule has 1 atom stereocenters. The summed E-state index contributed by atoms with van der Waals surface area (Å²) in [6, 6.07) is 15.2. The average Bonchev–Trinajstić information content (AvgIpc) is 3.12. The van der Waals surface area contributed by atoms with Crippen molar-refractivity contribution in [1.82, 2.24) is 15.1 Å². The summed E-state index contributed by atoms with van der Waals surface area (Å²) in [6.07, 6.45) is 0. The number of rotatable bonds is 6. The van der Waals surface area contributed by atoms with Gasteiger partial charge in [0.05, 0.1) is 25.8 Å². The number of morpholine rings is 1. The van der Waals surface area contributed by atoms with Crippen molar-refractivity contribution in [2.75, 3.05) is 46.9 Å². The van der Waals surface area contributed by atoms with Gasteiger partial charge in [-0.3, -0.25) is 4.90 Å². The Labute approximate surface area is 166 Å². The highest BCUT2D eigenvalue weighted by atomic mass is 32.1. The van der Waals surface area contributed by atoms with Gasteiger partial charge in [-0.2, -0.15) is 0 Å². The van der Waals surface area contributed by atoms with Crippen LogP contribution in [0.1, 0.15) is 21.4 Å². The minimum Gasteiger partial charge on any atom is -0.379 e. The summed E-state index contributed by atoms with van der Waals surface area (Å²) in [5.41, 5.74) is 1.22. The lowest BCUT2D eigenvalue weighted by molar-refractivity contribution is 0.0176. The van der Waals surface area contributed by atoms with E-state index in [1.54, 1.807) is 0 Å². The number of hydrogen-bond acceptors (Lipinski definition) is 4. The molecule has 2 aromatic rings. The quantitative estimate of drug-likeness (QED) is 0.612. The van der Waals surface area contributed by atoms with Gasteiger partial charge in [0, 0.05) is 43.5 Å². The van der Waals surface area contributed by atoms with Crippen LogP contribution in [-0.4, -0.2) is 62.7 Å². The topological polar surface area (TPSA) is 40.1 Å². The summed E-state index contributed by atoms with van der Waals surface area (Å²) in [6.45, 7) is 7.26. The Kier molecular flexibility index (Phi) is 7.26. The molecule has 2 heterocycles. The number of thiophene rings is 1. The summed E-state index contributed by atoms with van der Waals surface area (Å²) in [5.74, 6) is 0.922. The molecule has 1 aliphatic heterocycles. The average molecular weight is 387 g/mol. The predicted octanol–water partition coefficient (Wildman–Crippen LogP) is 3.14. The molecule has 6 heteroatoms. The molecule has 1 N–H and O–H groups in total. The fourth-order valence-electron chi connectivity index (χ4n) is 3.22. The van der Waals surface area contributed by atoms with Gasteiger partial charge in [-0.05, 0) is 24.6 Å². The summed E-state index contributed by atoms with van der Waals surface area (Å²) >= 11 is 1.88. The third-order valence-electron chi connectivity index (χ3n) is 4.71. The molecule has 1 fully saturated rings. The van der Waals surface area contributed by atoms with E-state index in [0.717, 1.165) is 38.8 Å². The molecule has 0 bridgehead atoms. The lowest BCUT2D eigenvalue weighted by atomic mass is 10.2. The Bertz CT molecular complexity index is 723. The molecule has 27 heavy (non-hydrogen) atoms. The molecular weight excluding hydrogens is 356 g/mol. The van der Waals surface area contributed by atoms with Crippen LogP contribution in [0.4, 0.5) is 0 Å². The minimum absolute atomic E-state index is 0.342. The van der Waals surface area contributed by atoms with E-state index in [1.807, 2.05) is 31.5 Å². The molecule has 1 aliphatic rings. The first kappa shape index (κ1) is 19.9. The zero-order chi connectivity index (χ0) is 19.1. The van der Waals surface area contributed by atoms with Gasteiger partial charge in [0.25, 0.3) is 0 Å². The number of guanidine groups is 1. The largest absolute Gasteiger partial charge is 0.379 e. The van der Waals surface area contributed by atoms with Crippen molar-refractivity contribution in [1.29, 1.82) is 0 Å². The molecule has 146 valence electrons. The fraction of sp³-hybridized carbons (Fsp3) is 0.476. The highest BCUT2D eigenvalue weighted by Gasteiger charge is 2.24. The molecule has 3 rings (SSSR count). The second-order valence-electron chi connectivity index (χ2n) is 7.01. The first-order valence-electron chi connectivity index (χ1n) is 9.51. The van der Waals surface area contributed by atoms with Crippen molar-refractivity contribution in [3.63, 3.8) is 0 Å². The van der Waals surface area contributed by atoms with Gasteiger partial charge in [0.1, 0.15) is 0 Å². The van der Waals surface area contributed by atoms with Crippen molar-refractivity contribution < 1.29 is 4.74 Å². The van der Waals surface area contributed by atoms with E-state index in [9.17, 15) is 0 Å². The van der Waals surface area contributed by atoms with Crippen LogP contribution in [0, 0.1) is 6.92 Å². The van der Waals surface area contributed by atoms with Gasteiger partial charge >= 0.3 is 0 Å². The molecule has 0 aliphatic carbocycles. The van der Waals surface area contributed by atoms with Gasteiger partial charge in [-0.15, -0.1) is 11.3 Å². The maximum absolute atomic E-state index is 5.55. The standard InChI is InChI=1S/C21H30N4OS/c1-17-9-10-20(27-17)19(25-11-13-26-14-12-25)16-23-21(24(2)3)22-15-18-7-5-4-6-8-18/h4-10,19H,11-16H2,1-3H3,(H,22,23). The number of aryl methyl sites for hydroxylation is 1. The van der Waals surface area contributed by atoms with E-state index >= 15 is 0 Å². The van der Waals surface area contributed by atoms with Crippen LogP contribution in [-0.2, 0) is 11.3 Å². The van der Waals surface area contributed by atoms with E-state index < -0.39 is 0 Å². The first-order chi connectivity index (χ1) is 13.1. The Hall–Kier alpha value is -1.89. The molecule has 0 amide bonds. The highest BCUT2D eigenvalue weighted by molar-refractivity contribution is 7.12. The van der Waals surface area contributed by atoms with Crippen LogP contribution in [0.15, 0.2) is 47.5 Å². The molecule has 1 unspecified atom stereocenters. The van der Waals surface area contributed by atoms with E-state index in [-0.39, 0.29) is 0 Å². The van der Waals surface area contributed by atoms with Crippen molar-refractivity contribution >= 4 is 17.3 Å². The highest BCUT2D eigenvalue weighted by Crippen LogP contribution is 2.27. The normalized spacial score (nSPS) is 16.9. The van der Waals surface area contributed by atoms with Crippen LogP contribution in [0.3, 0.4) is 0 Å². The molecule has 1 aromatic heterocycles. The summed E-state index contributed by atoms with van der Waals surface area (Å²) in [5, 5.41) is 3.59. The third kappa shape index (κ3) is 5.79. The van der Waals surface area contributed by atoms with Crippen molar-refractivity contribution in [2.45, 2.75) is 19.5 Å². The van der Waals surface area contributed by atoms with Gasteiger partial charge in [0.2, 0.25) is 0 Å².